The molecule has 4 heterocycles. The molecule has 2 aromatic heterocycles. The van der Waals surface area contributed by atoms with E-state index in [2.05, 4.69) is 44.6 Å². The maximum Gasteiger partial charge on any atom is 0.0682 e. The second kappa shape index (κ2) is 6.07. The maximum absolute atomic E-state index is 9.91. The Kier molecular flexibility index (Phi) is 3.93. The third kappa shape index (κ3) is 2.92. The lowest BCUT2D eigenvalue weighted by Gasteiger charge is -2.42. The van der Waals surface area contributed by atoms with E-state index in [0.717, 1.165) is 38.3 Å². The largest absolute Gasteiger partial charge is 0.392 e. The van der Waals surface area contributed by atoms with Crippen LogP contribution in [0, 0.1) is 0 Å². The van der Waals surface area contributed by atoms with E-state index in [1.54, 1.807) is 0 Å². The third-order valence-corrected chi connectivity index (χ3v) is 5.21. The van der Waals surface area contributed by atoms with E-state index in [9.17, 15) is 5.11 Å². The number of aliphatic hydroxyl groups excluding tert-OH is 1. The highest BCUT2D eigenvalue weighted by atomic mass is 16.3. The van der Waals surface area contributed by atoms with Crippen LogP contribution in [0.2, 0.25) is 0 Å². The summed E-state index contributed by atoms with van der Waals surface area (Å²) in [7, 11) is 0. The van der Waals surface area contributed by atoms with Crippen molar-refractivity contribution in [2.24, 2.45) is 0 Å². The van der Waals surface area contributed by atoms with E-state index in [4.69, 9.17) is 0 Å². The monoisotopic (exact) mass is 312 g/mol. The molecule has 0 saturated carbocycles. The lowest BCUT2D eigenvalue weighted by molar-refractivity contribution is 0.0517. The number of rotatable bonds is 3. The zero-order valence-electron chi connectivity index (χ0n) is 13.5. The Bertz CT molecular complexity index is 656. The van der Waals surface area contributed by atoms with Crippen molar-refractivity contribution in [3.63, 3.8) is 0 Å². The molecule has 0 unspecified atom stereocenters. The molecule has 0 aromatic carbocycles. The van der Waals surface area contributed by atoms with Gasteiger partial charge in [0, 0.05) is 68.2 Å². The van der Waals surface area contributed by atoms with Crippen LogP contribution >= 0.6 is 0 Å². The number of pyridine rings is 1. The number of aromatic nitrogens is 2. The van der Waals surface area contributed by atoms with Crippen LogP contribution in [0.1, 0.15) is 19.0 Å². The third-order valence-electron chi connectivity index (χ3n) is 5.21. The van der Waals surface area contributed by atoms with Gasteiger partial charge in [0.2, 0.25) is 0 Å². The van der Waals surface area contributed by atoms with E-state index < -0.39 is 0 Å². The van der Waals surface area contributed by atoms with Crippen molar-refractivity contribution in [3.05, 3.63) is 48.5 Å². The quantitative estimate of drug-likeness (QED) is 0.933. The maximum atomic E-state index is 9.91. The predicted molar refractivity (Wildman–Crippen MR) is 89.4 cm³/mol. The van der Waals surface area contributed by atoms with E-state index in [0.29, 0.717) is 12.1 Å². The van der Waals surface area contributed by atoms with Crippen LogP contribution in [0.4, 0.5) is 0 Å². The van der Waals surface area contributed by atoms with Gasteiger partial charge in [-0.2, -0.15) is 0 Å². The second-order valence-electron chi connectivity index (χ2n) is 6.85. The van der Waals surface area contributed by atoms with Crippen molar-refractivity contribution in [3.8, 4) is 5.69 Å². The van der Waals surface area contributed by atoms with Crippen LogP contribution in [-0.2, 0) is 6.54 Å². The zero-order chi connectivity index (χ0) is 15.8. The topological polar surface area (TPSA) is 44.5 Å². The molecule has 1 N–H and O–H groups in total. The summed E-state index contributed by atoms with van der Waals surface area (Å²) in [4.78, 5) is 9.10. The SMILES string of the molecule is C[C@H]1CN2C[C@H](O)C[C@H]2CN1Cc1cccn1-c1ccncc1. The molecule has 4 rings (SSSR count). The Morgan fingerprint density at radius 1 is 1.17 bits per heavy atom. The van der Waals surface area contributed by atoms with Gasteiger partial charge in [-0.15, -0.1) is 0 Å². The minimum Gasteiger partial charge on any atom is -0.392 e. The highest BCUT2D eigenvalue weighted by Gasteiger charge is 2.38. The Labute approximate surface area is 137 Å². The molecule has 0 spiro atoms. The van der Waals surface area contributed by atoms with Crippen molar-refractivity contribution in [2.75, 3.05) is 19.6 Å². The Hall–Kier alpha value is -1.69. The molecule has 2 saturated heterocycles. The summed E-state index contributed by atoms with van der Waals surface area (Å²) >= 11 is 0. The first kappa shape index (κ1) is 14.9. The zero-order valence-corrected chi connectivity index (χ0v) is 13.5. The summed E-state index contributed by atoms with van der Waals surface area (Å²) in [6.07, 6.45) is 6.55. The standard InChI is InChI=1S/C18H24N4O/c1-14-10-21-13-18(23)9-17(21)12-20(14)11-16-3-2-8-22(16)15-4-6-19-7-5-15/h2-8,14,17-18,23H,9-13H2,1H3/t14-,17-,18+/m0/s1. The van der Waals surface area contributed by atoms with Crippen LogP contribution in [-0.4, -0.2) is 62.3 Å². The fourth-order valence-corrected chi connectivity index (χ4v) is 4.01. The van der Waals surface area contributed by atoms with Crippen LogP contribution in [0.25, 0.3) is 5.69 Å². The summed E-state index contributed by atoms with van der Waals surface area (Å²) in [5, 5.41) is 9.91. The molecular weight excluding hydrogens is 288 g/mol. The van der Waals surface area contributed by atoms with Crippen LogP contribution in [0.5, 0.6) is 0 Å². The van der Waals surface area contributed by atoms with Crippen molar-refractivity contribution in [1.29, 1.82) is 0 Å². The number of hydrogen-bond donors (Lipinski definition) is 1. The summed E-state index contributed by atoms with van der Waals surface area (Å²) in [5.74, 6) is 0. The van der Waals surface area contributed by atoms with Gasteiger partial charge in [0.05, 0.1) is 6.10 Å². The molecule has 23 heavy (non-hydrogen) atoms. The fourth-order valence-electron chi connectivity index (χ4n) is 4.01. The Morgan fingerprint density at radius 3 is 2.83 bits per heavy atom. The minimum absolute atomic E-state index is 0.146. The number of piperazine rings is 1. The van der Waals surface area contributed by atoms with E-state index >= 15 is 0 Å². The van der Waals surface area contributed by atoms with Crippen molar-refractivity contribution in [1.82, 2.24) is 19.4 Å². The second-order valence-corrected chi connectivity index (χ2v) is 6.85. The molecule has 0 radical (unpaired) electrons. The number of fused-ring (bicyclic) bond motifs is 1. The molecule has 5 nitrogen and oxygen atoms in total. The first-order chi connectivity index (χ1) is 11.2. The molecule has 2 aliphatic rings. The normalized spacial score (nSPS) is 28.9. The van der Waals surface area contributed by atoms with Gasteiger partial charge in [-0.3, -0.25) is 14.8 Å². The average Bonchev–Trinajstić information content (AvgIpc) is 3.14. The van der Waals surface area contributed by atoms with E-state index in [-0.39, 0.29) is 6.10 Å². The smallest absolute Gasteiger partial charge is 0.0682 e. The van der Waals surface area contributed by atoms with Gasteiger partial charge < -0.3 is 9.67 Å². The Morgan fingerprint density at radius 2 is 2.00 bits per heavy atom. The van der Waals surface area contributed by atoms with Crippen molar-refractivity contribution in [2.45, 2.75) is 38.1 Å². The molecule has 5 heteroatoms. The van der Waals surface area contributed by atoms with Gasteiger partial charge in [-0.1, -0.05) is 0 Å². The van der Waals surface area contributed by atoms with Crippen molar-refractivity contribution >= 4 is 0 Å². The lowest BCUT2D eigenvalue weighted by Crippen LogP contribution is -2.54. The Balaban J connectivity index is 1.52. The highest BCUT2D eigenvalue weighted by molar-refractivity contribution is 5.33. The number of hydrogen-bond acceptors (Lipinski definition) is 4. The van der Waals surface area contributed by atoms with Gasteiger partial charge in [0.15, 0.2) is 0 Å². The van der Waals surface area contributed by atoms with E-state index in [1.165, 1.54) is 5.69 Å². The molecule has 3 atom stereocenters. The van der Waals surface area contributed by atoms with Gasteiger partial charge in [-0.25, -0.2) is 0 Å². The van der Waals surface area contributed by atoms with Gasteiger partial charge in [0.1, 0.15) is 0 Å². The molecule has 2 fully saturated rings. The highest BCUT2D eigenvalue weighted by Crippen LogP contribution is 2.26. The molecule has 2 aliphatic heterocycles. The van der Waals surface area contributed by atoms with Crippen LogP contribution in [0.15, 0.2) is 42.9 Å². The fraction of sp³-hybridized carbons (Fsp3) is 0.500. The summed E-state index contributed by atoms with van der Waals surface area (Å²) in [6, 6.07) is 9.40. The molecule has 2 aromatic rings. The van der Waals surface area contributed by atoms with Gasteiger partial charge >= 0.3 is 0 Å². The summed E-state index contributed by atoms with van der Waals surface area (Å²) < 4.78 is 2.24. The van der Waals surface area contributed by atoms with Crippen LogP contribution < -0.4 is 0 Å². The molecule has 0 bridgehead atoms. The lowest BCUT2D eigenvalue weighted by atomic mass is 10.1. The molecule has 0 aliphatic carbocycles. The van der Waals surface area contributed by atoms with Crippen LogP contribution in [0.3, 0.4) is 0 Å². The predicted octanol–water partition coefficient (Wildman–Crippen LogP) is 1.51. The molecule has 0 amide bonds. The van der Waals surface area contributed by atoms with E-state index in [1.807, 2.05) is 24.5 Å². The molecular formula is C18H24N4O. The van der Waals surface area contributed by atoms with Crippen molar-refractivity contribution < 1.29 is 5.11 Å². The first-order valence-electron chi connectivity index (χ1n) is 8.43. The van der Waals surface area contributed by atoms with Gasteiger partial charge in [0.25, 0.3) is 0 Å². The minimum atomic E-state index is -0.146. The first-order valence-corrected chi connectivity index (χ1v) is 8.43. The molecule has 122 valence electrons. The summed E-state index contributed by atoms with van der Waals surface area (Å²) in [5.41, 5.74) is 2.46. The number of aliphatic hydroxyl groups is 1. The number of nitrogens with zero attached hydrogens (tertiary/aromatic N) is 4. The summed E-state index contributed by atoms with van der Waals surface area (Å²) in [6.45, 7) is 6.17. The average molecular weight is 312 g/mol. The van der Waals surface area contributed by atoms with Gasteiger partial charge in [-0.05, 0) is 37.6 Å².